The first kappa shape index (κ1) is 17.3. The molecule has 0 radical (unpaired) electrons. The second-order valence-electron chi connectivity index (χ2n) is 6.26. The van der Waals surface area contributed by atoms with E-state index < -0.39 is 12.1 Å². The first-order valence-electron chi connectivity index (χ1n) is 8.12. The van der Waals surface area contributed by atoms with Gasteiger partial charge in [0.05, 0.1) is 18.9 Å². The fourth-order valence-electron chi connectivity index (χ4n) is 3.25. The van der Waals surface area contributed by atoms with Crippen LogP contribution < -0.4 is 4.74 Å². The summed E-state index contributed by atoms with van der Waals surface area (Å²) in [5.74, 6) is -0.576. The quantitative estimate of drug-likeness (QED) is 0.814. The van der Waals surface area contributed by atoms with Crippen LogP contribution in [0.5, 0.6) is 5.75 Å². The van der Waals surface area contributed by atoms with Crippen molar-refractivity contribution in [2.24, 2.45) is 5.92 Å². The molecule has 1 saturated heterocycles. The lowest BCUT2D eigenvalue weighted by Crippen LogP contribution is -2.21. The maximum atomic E-state index is 11.3. The van der Waals surface area contributed by atoms with Crippen molar-refractivity contribution >= 4 is 5.97 Å². The van der Waals surface area contributed by atoms with Crippen LogP contribution in [0.25, 0.3) is 0 Å². The summed E-state index contributed by atoms with van der Waals surface area (Å²) < 4.78 is 5.08. The minimum atomic E-state index is -1.01. The molecule has 132 valence electrons. The van der Waals surface area contributed by atoms with Crippen LogP contribution >= 0.6 is 0 Å². The van der Waals surface area contributed by atoms with Gasteiger partial charge in [-0.25, -0.2) is 4.79 Å². The third-order valence-electron chi connectivity index (χ3n) is 4.47. The molecule has 0 spiro atoms. The van der Waals surface area contributed by atoms with Crippen molar-refractivity contribution in [3.8, 4) is 5.75 Å². The largest absolute Gasteiger partial charge is 0.496 e. The highest BCUT2D eigenvalue weighted by atomic mass is 16.5. The van der Waals surface area contributed by atoms with E-state index in [9.17, 15) is 15.0 Å². The molecule has 1 aromatic carbocycles. The molecule has 3 rings (SSSR count). The Morgan fingerprint density at radius 2 is 2.20 bits per heavy atom. The van der Waals surface area contributed by atoms with E-state index >= 15 is 0 Å². The molecule has 7 nitrogen and oxygen atoms in total. The average molecular weight is 343 g/mol. The summed E-state index contributed by atoms with van der Waals surface area (Å²) in [7, 11) is 1.45. The van der Waals surface area contributed by atoms with Crippen molar-refractivity contribution < 1.29 is 19.7 Å². The van der Waals surface area contributed by atoms with E-state index in [0.29, 0.717) is 25.3 Å². The maximum Gasteiger partial charge on any atom is 0.339 e. The lowest BCUT2D eigenvalue weighted by atomic mass is 10.0. The maximum absolute atomic E-state index is 11.3. The van der Waals surface area contributed by atoms with Crippen molar-refractivity contribution in [3.63, 3.8) is 0 Å². The van der Waals surface area contributed by atoms with Gasteiger partial charge in [0.2, 0.25) is 0 Å². The number of benzene rings is 1. The number of hydrogen-bond acceptors (Lipinski definition) is 6. The summed E-state index contributed by atoms with van der Waals surface area (Å²) >= 11 is 0. The number of aliphatic hydroxyl groups excluding tert-OH is 1. The normalized spacial score (nSPS) is 20.6. The molecule has 25 heavy (non-hydrogen) atoms. The second-order valence-corrected chi connectivity index (χ2v) is 6.26. The number of ether oxygens (including phenoxy) is 1. The Labute approximate surface area is 145 Å². The second kappa shape index (κ2) is 7.58. The number of rotatable bonds is 6. The number of β-amino-alcohol motifs (C(OH)–C–C–N with tert-alkyl or cyclic N) is 1. The summed E-state index contributed by atoms with van der Waals surface area (Å²) in [6.45, 7) is 1.86. The predicted molar refractivity (Wildman–Crippen MR) is 90.5 cm³/mol. The Morgan fingerprint density at radius 3 is 2.88 bits per heavy atom. The van der Waals surface area contributed by atoms with Crippen molar-refractivity contribution in [1.29, 1.82) is 0 Å². The SMILES string of the molecule is COc1ccc(CN2C[C@@H](Cc3cnccn3)[C@H](O)C2)cc1C(=O)O. The molecule has 0 saturated carbocycles. The van der Waals surface area contributed by atoms with Gasteiger partial charge in [-0.05, 0) is 24.1 Å². The third-order valence-corrected chi connectivity index (χ3v) is 4.47. The minimum absolute atomic E-state index is 0.0916. The first-order chi connectivity index (χ1) is 12.1. The van der Waals surface area contributed by atoms with Crippen LogP contribution in [0.2, 0.25) is 0 Å². The summed E-state index contributed by atoms with van der Waals surface area (Å²) in [6.07, 6.45) is 5.25. The molecule has 1 aliphatic heterocycles. The number of aliphatic hydroxyl groups is 1. The number of hydrogen-bond donors (Lipinski definition) is 2. The summed E-state index contributed by atoms with van der Waals surface area (Å²) in [5.41, 5.74) is 1.90. The Kier molecular flexibility index (Phi) is 5.25. The zero-order valence-corrected chi connectivity index (χ0v) is 14.0. The molecule has 7 heteroatoms. The highest BCUT2D eigenvalue weighted by Crippen LogP contribution is 2.25. The van der Waals surface area contributed by atoms with Crippen LogP contribution in [-0.4, -0.2) is 57.4 Å². The van der Waals surface area contributed by atoms with E-state index in [0.717, 1.165) is 17.8 Å². The number of aromatic nitrogens is 2. The number of likely N-dealkylation sites (tertiary alicyclic amines) is 1. The molecule has 2 heterocycles. The molecule has 2 N–H and O–H groups in total. The van der Waals surface area contributed by atoms with Crippen molar-refractivity contribution in [2.45, 2.75) is 19.1 Å². The molecule has 0 unspecified atom stereocenters. The van der Waals surface area contributed by atoms with Crippen molar-refractivity contribution in [3.05, 3.63) is 53.6 Å². The topological polar surface area (TPSA) is 95.8 Å². The fourth-order valence-corrected chi connectivity index (χ4v) is 3.25. The van der Waals surface area contributed by atoms with Crippen LogP contribution in [0.15, 0.2) is 36.8 Å². The minimum Gasteiger partial charge on any atom is -0.496 e. The highest BCUT2D eigenvalue weighted by Gasteiger charge is 2.31. The van der Waals surface area contributed by atoms with E-state index in [1.165, 1.54) is 7.11 Å². The molecule has 1 aliphatic rings. The predicted octanol–water partition coefficient (Wildman–Crippen LogP) is 1.22. The van der Waals surface area contributed by atoms with E-state index in [2.05, 4.69) is 14.9 Å². The third kappa shape index (κ3) is 4.12. The van der Waals surface area contributed by atoms with Gasteiger partial charge in [-0.3, -0.25) is 14.9 Å². The number of carbonyl (C=O) groups is 1. The Hall–Kier alpha value is -2.51. The lowest BCUT2D eigenvalue weighted by molar-refractivity contribution is 0.0693. The van der Waals surface area contributed by atoms with Gasteiger partial charge in [-0.1, -0.05) is 6.07 Å². The van der Waals surface area contributed by atoms with Gasteiger partial charge >= 0.3 is 5.97 Å². The molecule has 1 aromatic heterocycles. The van der Waals surface area contributed by atoms with E-state index in [1.807, 2.05) is 6.07 Å². The Morgan fingerprint density at radius 1 is 1.36 bits per heavy atom. The number of aromatic carboxylic acids is 1. The van der Waals surface area contributed by atoms with Crippen molar-refractivity contribution in [2.75, 3.05) is 20.2 Å². The monoisotopic (exact) mass is 343 g/mol. The zero-order valence-electron chi connectivity index (χ0n) is 14.0. The average Bonchev–Trinajstić information content (AvgIpc) is 2.94. The summed E-state index contributed by atoms with van der Waals surface area (Å²) in [4.78, 5) is 21.8. The fraction of sp³-hybridized carbons (Fsp3) is 0.389. The van der Waals surface area contributed by atoms with Gasteiger partial charge in [0, 0.05) is 44.1 Å². The standard InChI is InChI=1S/C18H21N3O4/c1-25-17-3-2-12(6-15(17)18(23)24)9-21-10-13(16(22)11-21)7-14-8-19-4-5-20-14/h2-6,8,13,16,22H,7,9-11H2,1H3,(H,23,24)/t13-,16-/m1/s1. The van der Waals surface area contributed by atoms with Crippen molar-refractivity contribution in [1.82, 2.24) is 14.9 Å². The molecular formula is C18H21N3O4. The number of carboxylic acid groups (broad SMARTS) is 1. The van der Waals surface area contributed by atoms with Gasteiger partial charge in [-0.15, -0.1) is 0 Å². The van der Waals surface area contributed by atoms with E-state index in [-0.39, 0.29) is 11.5 Å². The van der Waals surface area contributed by atoms with Crippen LogP contribution in [0, 0.1) is 5.92 Å². The zero-order chi connectivity index (χ0) is 17.8. The smallest absolute Gasteiger partial charge is 0.339 e. The van der Waals surface area contributed by atoms with Crippen LogP contribution in [0.1, 0.15) is 21.6 Å². The van der Waals surface area contributed by atoms with Gasteiger partial charge in [0.1, 0.15) is 11.3 Å². The highest BCUT2D eigenvalue weighted by molar-refractivity contribution is 5.91. The molecule has 0 aliphatic carbocycles. The first-order valence-corrected chi connectivity index (χ1v) is 8.12. The van der Waals surface area contributed by atoms with Crippen LogP contribution in [0.4, 0.5) is 0 Å². The Bertz CT molecular complexity index is 738. The number of carboxylic acids is 1. The van der Waals surface area contributed by atoms with Gasteiger partial charge in [-0.2, -0.15) is 0 Å². The molecular weight excluding hydrogens is 322 g/mol. The lowest BCUT2D eigenvalue weighted by Gasteiger charge is -2.16. The van der Waals surface area contributed by atoms with Crippen LogP contribution in [0.3, 0.4) is 0 Å². The molecule has 2 aromatic rings. The molecule has 2 atom stereocenters. The van der Waals surface area contributed by atoms with Crippen LogP contribution in [-0.2, 0) is 13.0 Å². The van der Waals surface area contributed by atoms with Gasteiger partial charge in [0.15, 0.2) is 0 Å². The van der Waals surface area contributed by atoms with E-state index in [4.69, 9.17) is 4.74 Å². The van der Waals surface area contributed by atoms with E-state index in [1.54, 1.807) is 30.7 Å². The molecule has 0 amide bonds. The number of methoxy groups -OCH3 is 1. The van der Waals surface area contributed by atoms with Gasteiger partial charge in [0.25, 0.3) is 0 Å². The number of nitrogens with zero attached hydrogens (tertiary/aromatic N) is 3. The molecule has 1 fully saturated rings. The summed E-state index contributed by atoms with van der Waals surface area (Å²) in [6, 6.07) is 5.15. The molecule has 0 bridgehead atoms. The summed E-state index contributed by atoms with van der Waals surface area (Å²) in [5, 5.41) is 19.6. The Balaban J connectivity index is 1.66. The van der Waals surface area contributed by atoms with Gasteiger partial charge < -0.3 is 14.9 Å².